The van der Waals surface area contributed by atoms with Crippen LogP contribution in [0.5, 0.6) is 5.75 Å². The highest BCUT2D eigenvalue weighted by molar-refractivity contribution is 6.32. The van der Waals surface area contributed by atoms with E-state index in [0.29, 0.717) is 17.4 Å². The zero-order chi connectivity index (χ0) is 13.5. The highest BCUT2D eigenvalue weighted by Gasteiger charge is 2.07. The van der Waals surface area contributed by atoms with E-state index < -0.39 is 6.10 Å². The van der Waals surface area contributed by atoms with Gasteiger partial charge in [-0.3, -0.25) is 0 Å². The summed E-state index contributed by atoms with van der Waals surface area (Å²) in [6.07, 6.45) is -0.507. The zero-order valence-corrected chi connectivity index (χ0v) is 12.1. The van der Waals surface area contributed by atoms with Gasteiger partial charge in [0.05, 0.1) is 11.1 Å². The first-order valence-corrected chi connectivity index (χ1v) is 6.78. The van der Waals surface area contributed by atoms with Crippen LogP contribution in [0, 0.1) is 0 Å². The molecule has 1 N–H and O–H groups in total. The maximum absolute atomic E-state index is 9.45. The molecular weight excluding hydrogens is 250 g/mol. The van der Waals surface area contributed by atoms with Crippen molar-refractivity contribution >= 4 is 11.6 Å². The van der Waals surface area contributed by atoms with Crippen molar-refractivity contribution in [2.75, 3.05) is 26.2 Å². The van der Waals surface area contributed by atoms with Gasteiger partial charge in [-0.15, -0.1) is 0 Å². The molecule has 1 aromatic carbocycles. The number of hydrogen-bond acceptors (Lipinski definition) is 3. The molecule has 1 rings (SSSR count). The van der Waals surface area contributed by atoms with E-state index in [1.54, 1.807) is 13.0 Å². The van der Waals surface area contributed by atoms with Crippen molar-refractivity contribution in [1.82, 2.24) is 4.90 Å². The number of hydrogen-bond donors (Lipinski definition) is 1. The van der Waals surface area contributed by atoms with E-state index in [0.717, 1.165) is 25.2 Å². The van der Waals surface area contributed by atoms with Crippen LogP contribution < -0.4 is 4.74 Å². The highest BCUT2D eigenvalue weighted by atomic mass is 35.5. The Bertz CT molecular complexity index is 365. The average molecular weight is 272 g/mol. The lowest BCUT2D eigenvalue weighted by Gasteiger charge is -2.18. The van der Waals surface area contributed by atoms with E-state index in [-0.39, 0.29) is 0 Å². The summed E-state index contributed by atoms with van der Waals surface area (Å²) in [6.45, 7) is 9.54. The summed E-state index contributed by atoms with van der Waals surface area (Å²) in [5, 5.41) is 9.99. The van der Waals surface area contributed by atoms with Crippen molar-refractivity contribution in [2.24, 2.45) is 0 Å². The van der Waals surface area contributed by atoms with Crippen molar-refractivity contribution in [3.8, 4) is 5.75 Å². The summed E-state index contributed by atoms with van der Waals surface area (Å²) in [6, 6.07) is 5.40. The molecule has 1 atom stereocenters. The highest BCUT2D eigenvalue weighted by Crippen LogP contribution is 2.27. The SMILES string of the molecule is CCN(CC)CCOc1ccc([C@@H](C)O)cc1Cl. The van der Waals surface area contributed by atoms with E-state index >= 15 is 0 Å². The number of aliphatic hydroxyl groups excluding tert-OH is 1. The molecule has 4 heteroatoms. The Labute approximate surface area is 114 Å². The van der Waals surface area contributed by atoms with E-state index in [4.69, 9.17) is 16.3 Å². The molecule has 3 nitrogen and oxygen atoms in total. The molecule has 0 fully saturated rings. The van der Waals surface area contributed by atoms with Crippen LogP contribution in [0.2, 0.25) is 5.02 Å². The molecule has 0 radical (unpaired) electrons. The second kappa shape index (κ2) is 7.62. The molecule has 102 valence electrons. The Balaban J connectivity index is 2.53. The summed E-state index contributed by atoms with van der Waals surface area (Å²) < 4.78 is 5.65. The molecule has 0 saturated carbocycles. The van der Waals surface area contributed by atoms with Crippen LogP contribution in [-0.4, -0.2) is 36.2 Å². The van der Waals surface area contributed by atoms with E-state index in [1.165, 1.54) is 0 Å². The van der Waals surface area contributed by atoms with Gasteiger partial charge in [-0.05, 0) is 37.7 Å². The fraction of sp³-hybridized carbons (Fsp3) is 0.571. The fourth-order valence-corrected chi connectivity index (χ4v) is 1.96. The van der Waals surface area contributed by atoms with E-state index in [9.17, 15) is 5.11 Å². The summed E-state index contributed by atoms with van der Waals surface area (Å²) in [5.41, 5.74) is 0.802. The number of benzene rings is 1. The third-order valence-electron chi connectivity index (χ3n) is 3.00. The number of halogens is 1. The van der Waals surface area contributed by atoms with Crippen molar-refractivity contribution in [1.29, 1.82) is 0 Å². The number of nitrogens with zero attached hydrogens (tertiary/aromatic N) is 1. The standard InChI is InChI=1S/C14H22ClNO2/c1-4-16(5-2)8-9-18-14-7-6-12(11(3)17)10-13(14)15/h6-7,10-11,17H,4-5,8-9H2,1-3H3/t11-/m1/s1. The molecule has 0 aliphatic carbocycles. The first-order chi connectivity index (χ1) is 8.58. The largest absolute Gasteiger partial charge is 0.491 e. The maximum atomic E-state index is 9.45. The number of ether oxygens (including phenoxy) is 1. The Hall–Kier alpha value is -0.770. The fourth-order valence-electron chi connectivity index (χ4n) is 1.72. The Morgan fingerprint density at radius 1 is 1.33 bits per heavy atom. The van der Waals surface area contributed by atoms with Crippen molar-refractivity contribution in [3.05, 3.63) is 28.8 Å². The van der Waals surface area contributed by atoms with Crippen LogP contribution in [-0.2, 0) is 0 Å². The summed E-state index contributed by atoms with van der Waals surface area (Å²) in [4.78, 5) is 2.29. The lowest BCUT2D eigenvalue weighted by Crippen LogP contribution is -2.27. The summed E-state index contributed by atoms with van der Waals surface area (Å²) >= 11 is 6.11. The predicted octanol–water partition coefficient (Wildman–Crippen LogP) is 3.11. The number of aliphatic hydroxyl groups is 1. The van der Waals surface area contributed by atoms with E-state index in [1.807, 2.05) is 12.1 Å². The normalized spacial score (nSPS) is 12.8. The molecule has 0 aromatic heterocycles. The first kappa shape index (κ1) is 15.3. The van der Waals surface area contributed by atoms with Gasteiger partial charge in [-0.2, -0.15) is 0 Å². The van der Waals surface area contributed by atoms with Crippen LogP contribution in [0.3, 0.4) is 0 Å². The topological polar surface area (TPSA) is 32.7 Å². The number of likely N-dealkylation sites (N-methyl/N-ethyl adjacent to an activating group) is 1. The molecular formula is C14H22ClNO2. The lowest BCUT2D eigenvalue weighted by atomic mass is 10.1. The molecule has 0 spiro atoms. The van der Waals surface area contributed by atoms with Crippen LogP contribution >= 0.6 is 11.6 Å². The van der Waals surface area contributed by atoms with Gasteiger partial charge in [-0.1, -0.05) is 31.5 Å². The first-order valence-electron chi connectivity index (χ1n) is 6.41. The van der Waals surface area contributed by atoms with Gasteiger partial charge in [0.1, 0.15) is 12.4 Å². The van der Waals surface area contributed by atoms with Crippen molar-refractivity contribution < 1.29 is 9.84 Å². The Morgan fingerprint density at radius 2 is 2.00 bits per heavy atom. The van der Waals surface area contributed by atoms with Crippen LogP contribution in [0.1, 0.15) is 32.4 Å². The summed E-state index contributed by atoms with van der Waals surface area (Å²) in [7, 11) is 0. The molecule has 0 aliphatic heterocycles. The molecule has 0 heterocycles. The van der Waals surface area contributed by atoms with Gasteiger partial charge in [0.15, 0.2) is 0 Å². The maximum Gasteiger partial charge on any atom is 0.137 e. The van der Waals surface area contributed by atoms with Gasteiger partial charge in [0.2, 0.25) is 0 Å². The quantitative estimate of drug-likeness (QED) is 0.827. The second-order valence-electron chi connectivity index (χ2n) is 4.24. The molecule has 0 aliphatic rings. The Morgan fingerprint density at radius 3 is 2.50 bits per heavy atom. The van der Waals surface area contributed by atoms with Gasteiger partial charge in [-0.25, -0.2) is 0 Å². The molecule has 1 aromatic rings. The monoisotopic (exact) mass is 271 g/mol. The number of rotatable bonds is 7. The minimum absolute atomic E-state index is 0.507. The second-order valence-corrected chi connectivity index (χ2v) is 4.65. The van der Waals surface area contributed by atoms with Crippen LogP contribution in [0.25, 0.3) is 0 Å². The van der Waals surface area contributed by atoms with Gasteiger partial charge in [0.25, 0.3) is 0 Å². The van der Waals surface area contributed by atoms with Gasteiger partial charge >= 0.3 is 0 Å². The molecule has 0 saturated heterocycles. The minimum atomic E-state index is -0.507. The van der Waals surface area contributed by atoms with Gasteiger partial charge < -0.3 is 14.7 Å². The average Bonchev–Trinajstić information content (AvgIpc) is 2.36. The van der Waals surface area contributed by atoms with E-state index in [2.05, 4.69) is 18.7 Å². The van der Waals surface area contributed by atoms with Gasteiger partial charge in [0, 0.05) is 6.54 Å². The predicted molar refractivity (Wildman–Crippen MR) is 75.4 cm³/mol. The third kappa shape index (κ3) is 4.48. The Kier molecular flexibility index (Phi) is 6.47. The molecule has 18 heavy (non-hydrogen) atoms. The van der Waals surface area contributed by atoms with Crippen molar-refractivity contribution in [3.63, 3.8) is 0 Å². The smallest absolute Gasteiger partial charge is 0.137 e. The van der Waals surface area contributed by atoms with Crippen LogP contribution in [0.15, 0.2) is 18.2 Å². The zero-order valence-electron chi connectivity index (χ0n) is 11.3. The molecule has 0 amide bonds. The minimum Gasteiger partial charge on any atom is -0.491 e. The third-order valence-corrected chi connectivity index (χ3v) is 3.29. The molecule has 0 unspecified atom stereocenters. The van der Waals surface area contributed by atoms with Crippen molar-refractivity contribution in [2.45, 2.75) is 26.9 Å². The molecule has 0 bridgehead atoms. The van der Waals surface area contributed by atoms with Crippen LogP contribution in [0.4, 0.5) is 0 Å². The summed E-state index contributed by atoms with van der Waals surface area (Å²) in [5.74, 6) is 0.674. The lowest BCUT2D eigenvalue weighted by molar-refractivity contribution is 0.199.